The van der Waals surface area contributed by atoms with Crippen LogP contribution in [-0.4, -0.2) is 29.4 Å². The van der Waals surface area contributed by atoms with E-state index in [1.165, 1.54) is 5.56 Å². The number of halogens is 1. The van der Waals surface area contributed by atoms with E-state index in [-0.39, 0.29) is 0 Å². The quantitative estimate of drug-likeness (QED) is 0.697. The molecule has 78 valence electrons. The van der Waals surface area contributed by atoms with E-state index in [2.05, 4.69) is 23.9 Å². The summed E-state index contributed by atoms with van der Waals surface area (Å²) in [6.45, 7) is 4.16. The molecule has 1 unspecified atom stereocenters. The van der Waals surface area contributed by atoms with Crippen molar-refractivity contribution >= 4 is 11.6 Å². The Morgan fingerprint density at radius 2 is 2.07 bits per heavy atom. The van der Waals surface area contributed by atoms with Gasteiger partial charge in [0.25, 0.3) is 0 Å². The van der Waals surface area contributed by atoms with E-state index in [4.69, 9.17) is 11.6 Å². The fourth-order valence-electron chi connectivity index (χ4n) is 1.45. The molecular weight excluding hydrogens is 196 g/mol. The molecule has 1 aromatic rings. The van der Waals surface area contributed by atoms with E-state index >= 15 is 0 Å². The van der Waals surface area contributed by atoms with Gasteiger partial charge in [0.2, 0.25) is 0 Å². The normalized spacial score (nSPS) is 13.1. The highest BCUT2D eigenvalue weighted by molar-refractivity contribution is 6.18. The lowest BCUT2D eigenvalue weighted by molar-refractivity contribution is 0.290. The van der Waals surface area contributed by atoms with Gasteiger partial charge in [-0.3, -0.25) is 4.98 Å². The van der Waals surface area contributed by atoms with Crippen molar-refractivity contribution in [1.29, 1.82) is 0 Å². The topological polar surface area (TPSA) is 16.1 Å². The summed E-state index contributed by atoms with van der Waals surface area (Å²) in [6.07, 6.45) is 3.66. The second-order valence-corrected chi connectivity index (χ2v) is 4.12. The smallest absolute Gasteiger partial charge is 0.0271 e. The molecule has 0 spiro atoms. The minimum atomic E-state index is 0.545. The summed E-state index contributed by atoms with van der Waals surface area (Å²) in [5, 5.41) is 0. The Kier molecular flexibility index (Phi) is 4.91. The van der Waals surface area contributed by atoms with E-state index in [1.807, 2.05) is 24.5 Å². The second-order valence-electron chi connectivity index (χ2n) is 3.81. The van der Waals surface area contributed by atoms with Crippen LogP contribution in [-0.2, 0) is 6.54 Å². The van der Waals surface area contributed by atoms with Gasteiger partial charge in [-0.15, -0.1) is 11.6 Å². The highest BCUT2D eigenvalue weighted by Gasteiger charge is 2.05. The summed E-state index contributed by atoms with van der Waals surface area (Å²) in [5.74, 6) is 1.27. The molecule has 0 aliphatic carbocycles. The van der Waals surface area contributed by atoms with Gasteiger partial charge >= 0.3 is 0 Å². The first kappa shape index (κ1) is 11.5. The van der Waals surface area contributed by atoms with Gasteiger partial charge in [0.1, 0.15) is 0 Å². The maximum Gasteiger partial charge on any atom is 0.0271 e. The molecule has 0 N–H and O–H groups in total. The number of alkyl halides is 1. The second kappa shape index (κ2) is 5.99. The average molecular weight is 213 g/mol. The van der Waals surface area contributed by atoms with Gasteiger partial charge in [-0.1, -0.05) is 6.92 Å². The fraction of sp³-hybridized carbons (Fsp3) is 0.545. The van der Waals surface area contributed by atoms with Crippen molar-refractivity contribution in [3.05, 3.63) is 30.1 Å². The predicted octanol–water partition coefficient (Wildman–Crippen LogP) is 2.39. The van der Waals surface area contributed by atoms with Crippen molar-refractivity contribution in [2.24, 2.45) is 5.92 Å². The Bertz CT molecular complexity index is 251. The Labute approximate surface area is 90.9 Å². The van der Waals surface area contributed by atoms with Gasteiger partial charge < -0.3 is 4.90 Å². The molecule has 0 amide bonds. The first-order valence-electron chi connectivity index (χ1n) is 4.85. The van der Waals surface area contributed by atoms with E-state index < -0.39 is 0 Å². The first-order valence-corrected chi connectivity index (χ1v) is 5.39. The maximum atomic E-state index is 5.76. The minimum absolute atomic E-state index is 0.545. The van der Waals surface area contributed by atoms with Crippen LogP contribution in [0.25, 0.3) is 0 Å². The number of pyridine rings is 1. The number of nitrogens with zero attached hydrogens (tertiary/aromatic N) is 2. The van der Waals surface area contributed by atoms with E-state index in [0.717, 1.165) is 19.0 Å². The van der Waals surface area contributed by atoms with Crippen molar-refractivity contribution in [2.75, 3.05) is 19.5 Å². The summed E-state index contributed by atoms with van der Waals surface area (Å²) in [5.41, 5.74) is 1.30. The fourth-order valence-corrected chi connectivity index (χ4v) is 1.54. The lowest BCUT2D eigenvalue weighted by Gasteiger charge is -2.19. The van der Waals surface area contributed by atoms with Gasteiger partial charge in [0.15, 0.2) is 0 Å². The van der Waals surface area contributed by atoms with Gasteiger partial charge in [-0.25, -0.2) is 0 Å². The minimum Gasteiger partial charge on any atom is -0.302 e. The molecule has 0 radical (unpaired) electrons. The maximum absolute atomic E-state index is 5.76. The molecule has 1 rings (SSSR count). The summed E-state index contributed by atoms with van der Waals surface area (Å²) in [7, 11) is 2.11. The van der Waals surface area contributed by atoms with Crippen LogP contribution >= 0.6 is 11.6 Å². The lowest BCUT2D eigenvalue weighted by Crippen LogP contribution is -2.24. The van der Waals surface area contributed by atoms with Gasteiger partial charge in [0.05, 0.1) is 0 Å². The van der Waals surface area contributed by atoms with Crippen LogP contribution in [0.5, 0.6) is 0 Å². The zero-order chi connectivity index (χ0) is 10.4. The molecule has 0 aliphatic heterocycles. The molecule has 14 heavy (non-hydrogen) atoms. The number of hydrogen-bond acceptors (Lipinski definition) is 2. The van der Waals surface area contributed by atoms with Crippen LogP contribution < -0.4 is 0 Å². The molecule has 2 nitrogen and oxygen atoms in total. The summed E-state index contributed by atoms with van der Waals surface area (Å²) >= 11 is 5.76. The third-order valence-electron chi connectivity index (χ3n) is 2.09. The molecule has 0 aliphatic rings. The van der Waals surface area contributed by atoms with E-state index in [9.17, 15) is 0 Å². The number of rotatable bonds is 5. The van der Waals surface area contributed by atoms with E-state index in [1.54, 1.807) is 0 Å². The molecule has 3 heteroatoms. The molecule has 0 aromatic carbocycles. The molecular formula is C11H17ClN2. The van der Waals surface area contributed by atoms with Crippen LogP contribution in [0.15, 0.2) is 24.5 Å². The molecule has 1 atom stereocenters. The van der Waals surface area contributed by atoms with Crippen LogP contribution in [0.1, 0.15) is 12.5 Å². The zero-order valence-corrected chi connectivity index (χ0v) is 9.54. The van der Waals surface area contributed by atoms with E-state index in [0.29, 0.717) is 5.92 Å². The molecule has 1 aromatic heterocycles. The Hall–Kier alpha value is -0.600. The molecule has 0 fully saturated rings. The SMILES string of the molecule is CC(CCl)CN(C)Cc1ccncc1. The standard InChI is InChI=1S/C11H17ClN2/c1-10(7-12)8-14(2)9-11-3-5-13-6-4-11/h3-6,10H,7-9H2,1-2H3. The molecule has 0 bridgehead atoms. The van der Waals surface area contributed by atoms with Crippen molar-refractivity contribution in [3.63, 3.8) is 0 Å². The van der Waals surface area contributed by atoms with Crippen LogP contribution in [0, 0.1) is 5.92 Å². The molecule has 0 saturated heterocycles. The summed E-state index contributed by atoms with van der Waals surface area (Å²) in [4.78, 5) is 6.27. The Balaban J connectivity index is 2.37. The van der Waals surface area contributed by atoms with Crippen LogP contribution in [0.2, 0.25) is 0 Å². The number of aromatic nitrogens is 1. The monoisotopic (exact) mass is 212 g/mol. The number of hydrogen-bond donors (Lipinski definition) is 0. The third kappa shape index (κ3) is 4.07. The molecule has 1 heterocycles. The van der Waals surface area contributed by atoms with Crippen molar-refractivity contribution in [1.82, 2.24) is 9.88 Å². The largest absolute Gasteiger partial charge is 0.302 e. The highest BCUT2D eigenvalue weighted by Crippen LogP contribution is 2.05. The average Bonchev–Trinajstić information content (AvgIpc) is 2.19. The Morgan fingerprint density at radius 1 is 1.43 bits per heavy atom. The van der Waals surface area contributed by atoms with Gasteiger partial charge in [-0.2, -0.15) is 0 Å². The summed E-state index contributed by atoms with van der Waals surface area (Å²) < 4.78 is 0. The van der Waals surface area contributed by atoms with Gasteiger partial charge in [0, 0.05) is 31.4 Å². The predicted molar refractivity (Wildman–Crippen MR) is 60.5 cm³/mol. The van der Waals surface area contributed by atoms with Crippen LogP contribution in [0.3, 0.4) is 0 Å². The Morgan fingerprint density at radius 3 is 2.64 bits per heavy atom. The highest BCUT2D eigenvalue weighted by atomic mass is 35.5. The molecule has 0 saturated carbocycles. The first-order chi connectivity index (χ1) is 6.72. The van der Waals surface area contributed by atoms with Gasteiger partial charge in [-0.05, 0) is 30.7 Å². The third-order valence-corrected chi connectivity index (χ3v) is 2.62. The summed E-state index contributed by atoms with van der Waals surface area (Å²) in [6, 6.07) is 4.09. The van der Waals surface area contributed by atoms with Crippen LogP contribution in [0.4, 0.5) is 0 Å². The van der Waals surface area contributed by atoms with Crippen molar-refractivity contribution in [2.45, 2.75) is 13.5 Å². The van der Waals surface area contributed by atoms with Crippen molar-refractivity contribution < 1.29 is 0 Å². The zero-order valence-electron chi connectivity index (χ0n) is 8.78. The lowest BCUT2D eigenvalue weighted by atomic mass is 10.2. The van der Waals surface area contributed by atoms with Crippen molar-refractivity contribution in [3.8, 4) is 0 Å².